The van der Waals surface area contributed by atoms with Crippen LogP contribution in [0.1, 0.15) is 44.4 Å². The molecule has 0 spiro atoms. The smallest absolute Gasteiger partial charge is 0.350 e. The zero-order valence-corrected chi connectivity index (χ0v) is 17.8. The van der Waals surface area contributed by atoms with Crippen molar-refractivity contribution in [2.45, 2.75) is 19.9 Å². The fourth-order valence-electron chi connectivity index (χ4n) is 3.41. The van der Waals surface area contributed by atoms with Gasteiger partial charge in [0, 0.05) is 0 Å². The van der Waals surface area contributed by atoms with Gasteiger partial charge in [0.05, 0.1) is 30.2 Å². The van der Waals surface area contributed by atoms with Crippen molar-refractivity contribution in [2.75, 3.05) is 11.5 Å². The number of amides is 1. The van der Waals surface area contributed by atoms with E-state index in [9.17, 15) is 23.9 Å². The van der Waals surface area contributed by atoms with Gasteiger partial charge in [-0.05, 0) is 43.7 Å². The van der Waals surface area contributed by atoms with Crippen molar-refractivity contribution < 1.29 is 33.0 Å². The molecule has 2 aromatic heterocycles. The van der Waals surface area contributed by atoms with Crippen LogP contribution in [0.5, 0.6) is 0 Å². The summed E-state index contributed by atoms with van der Waals surface area (Å²) in [6.07, 6.45) is 1.29. The number of furan rings is 1. The molecule has 32 heavy (non-hydrogen) atoms. The SMILES string of the molecule is CCOC(=O)c1sc(N2C(=O)C(O)=C(C(=O)c3ccco3)[C@H]2c2ccc(F)cc2)nc1C. The van der Waals surface area contributed by atoms with Crippen LogP contribution < -0.4 is 4.90 Å². The molecule has 0 radical (unpaired) electrons. The molecular weight excluding hydrogens is 439 g/mol. The number of carbonyl (C=O) groups excluding carboxylic acids is 3. The molecule has 0 aliphatic carbocycles. The molecule has 1 aliphatic rings. The second kappa shape index (κ2) is 8.39. The van der Waals surface area contributed by atoms with Crippen LogP contribution in [0.25, 0.3) is 0 Å². The maximum Gasteiger partial charge on any atom is 0.350 e. The third-order valence-electron chi connectivity index (χ3n) is 4.84. The zero-order chi connectivity index (χ0) is 23.0. The number of hydrogen-bond donors (Lipinski definition) is 1. The summed E-state index contributed by atoms with van der Waals surface area (Å²) in [5.41, 5.74) is 0.464. The summed E-state index contributed by atoms with van der Waals surface area (Å²) in [6.45, 7) is 3.41. The van der Waals surface area contributed by atoms with Crippen LogP contribution in [0.15, 0.2) is 58.4 Å². The summed E-state index contributed by atoms with van der Waals surface area (Å²) >= 11 is 0.896. The Labute approximate surface area is 185 Å². The topological polar surface area (TPSA) is 110 Å². The van der Waals surface area contributed by atoms with Crippen molar-refractivity contribution in [1.29, 1.82) is 0 Å². The van der Waals surface area contributed by atoms with Crippen LogP contribution in [-0.4, -0.2) is 34.4 Å². The second-order valence-corrected chi connectivity index (χ2v) is 7.81. The van der Waals surface area contributed by atoms with E-state index in [2.05, 4.69) is 4.98 Å². The number of aliphatic hydroxyl groups is 1. The van der Waals surface area contributed by atoms with Gasteiger partial charge in [0.25, 0.3) is 5.91 Å². The molecule has 164 valence electrons. The third kappa shape index (κ3) is 3.58. The molecule has 0 fully saturated rings. The molecule has 0 saturated carbocycles. The van der Waals surface area contributed by atoms with Crippen molar-refractivity contribution >= 4 is 34.1 Å². The normalized spacial score (nSPS) is 16.0. The van der Waals surface area contributed by atoms with Crippen molar-refractivity contribution in [1.82, 2.24) is 4.98 Å². The van der Waals surface area contributed by atoms with Gasteiger partial charge in [-0.1, -0.05) is 23.5 Å². The number of aliphatic hydroxyl groups excluding tert-OH is 1. The fraction of sp³-hybridized carbons (Fsp3) is 0.182. The number of halogens is 1. The largest absolute Gasteiger partial charge is 0.503 e. The van der Waals surface area contributed by atoms with Crippen LogP contribution >= 0.6 is 11.3 Å². The van der Waals surface area contributed by atoms with E-state index in [4.69, 9.17) is 9.15 Å². The first-order chi connectivity index (χ1) is 15.3. The molecule has 0 bridgehead atoms. The fourth-order valence-corrected chi connectivity index (χ4v) is 4.39. The van der Waals surface area contributed by atoms with Crippen LogP contribution in [0.2, 0.25) is 0 Å². The number of aromatic nitrogens is 1. The van der Waals surface area contributed by atoms with Gasteiger partial charge in [0.15, 0.2) is 16.7 Å². The first kappa shape index (κ1) is 21.4. The lowest BCUT2D eigenvalue weighted by molar-refractivity contribution is -0.117. The van der Waals surface area contributed by atoms with E-state index < -0.39 is 35.3 Å². The first-order valence-corrected chi connectivity index (χ1v) is 10.4. The number of anilines is 1. The summed E-state index contributed by atoms with van der Waals surface area (Å²) in [5.74, 6) is -3.52. The minimum Gasteiger partial charge on any atom is -0.503 e. The summed E-state index contributed by atoms with van der Waals surface area (Å²) in [4.78, 5) is 44.0. The van der Waals surface area contributed by atoms with Crippen molar-refractivity contribution in [2.24, 2.45) is 0 Å². The van der Waals surface area contributed by atoms with Gasteiger partial charge in [-0.15, -0.1) is 0 Å². The minimum atomic E-state index is -1.11. The van der Waals surface area contributed by atoms with E-state index in [0.29, 0.717) is 11.3 Å². The molecule has 0 saturated heterocycles. The summed E-state index contributed by atoms with van der Waals surface area (Å²) in [6, 6.07) is 6.97. The Bertz CT molecular complexity index is 1230. The number of rotatable bonds is 6. The van der Waals surface area contributed by atoms with Crippen molar-refractivity contribution in [3.63, 3.8) is 0 Å². The molecule has 1 amide bonds. The van der Waals surface area contributed by atoms with E-state index in [1.54, 1.807) is 13.8 Å². The molecule has 1 aromatic carbocycles. The van der Waals surface area contributed by atoms with Gasteiger partial charge >= 0.3 is 5.97 Å². The molecule has 1 aliphatic heterocycles. The van der Waals surface area contributed by atoms with Crippen LogP contribution in [0, 0.1) is 12.7 Å². The Balaban J connectivity index is 1.84. The van der Waals surface area contributed by atoms with Crippen molar-refractivity contribution in [3.8, 4) is 0 Å². The third-order valence-corrected chi connectivity index (χ3v) is 5.97. The Morgan fingerprint density at radius 1 is 1.28 bits per heavy atom. The standard InChI is InChI=1S/C22H17FN2O6S/c1-3-30-21(29)19-11(2)24-22(32-19)25-16(12-6-8-13(23)9-7-12)15(18(27)20(25)28)17(26)14-5-4-10-31-14/h4-10,16,27H,3H2,1-2H3/t16-/m1/s1. The number of Topliss-reactive ketones (excluding diaryl/α,β-unsaturated/α-hetero) is 1. The van der Waals surface area contributed by atoms with Crippen LogP contribution in [-0.2, 0) is 9.53 Å². The van der Waals surface area contributed by atoms with Crippen LogP contribution in [0.3, 0.4) is 0 Å². The number of benzene rings is 1. The Morgan fingerprint density at radius 3 is 2.62 bits per heavy atom. The highest BCUT2D eigenvalue weighted by molar-refractivity contribution is 7.17. The number of esters is 1. The van der Waals surface area contributed by atoms with Crippen molar-refractivity contribution in [3.05, 3.63) is 81.7 Å². The average molecular weight is 456 g/mol. The van der Waals surface area contributed by atoms with Gasteiger partial charge in [0.2, 0.25) is 5.78 Å². The number of aryl methyl sites for hydroxylation is 1. The van der Waals surface area contributed by atoms with Gasteiger partial charge in [-0.2, -0.15) is 0 Å². The Hall–Kier alpha value is -3.79. The maximum atomic E-state index is 13.6. The van der Waals surface area contributed by atoms with Gasteiger partial charge in [-0.3, -0.25) is 14.5 Å². The predicted molar refractivity (Wildman–Crippen MR) is 112 cm³/mol. The van der Waals surface area contributed by atoms with Gasteiger partial charge in [-0.25, -0.2) is 14.2 Å². The lowest BCUT2D eigenvalue weighted by Crippen LogP contribution is -2.31. The number of nitrogens with zero attached hydrogens (tertiary/aromatic N) is 2. The zero-order valence-electron chi connectivity index (χ0n) is 17.0. The molecule has 3 heterocycles. The Kier molecular flexibility index (Phi) is 5.62. The van der Waals surface area contributed by atoms with Gasteiger partial charge < -0.3 is 14.3 Å². The van der Waals surface area contributed by atoms with E-state index in [-0.39, 0.29) is 27.9 Å². The lowest BCUT2D eigenvalue weighted by Gasteiger charge is -2.24. The number of thiazole rings is 1. The molecule has 1 atom stereocenters. The van der Waals surface area contributed by atoms with Gasteiger partial charge in [0.1, 0.15) is 10.7 Å². The first-order valence-electron chi connectivity index (χ1n) is 9.58. The Morgan fingerprint density at radius 2 is 2.00 bits per heavy atom. The quantitative estimate of drug-likeness (QED) is 0.438. The lowest BCUT2D eigenvalue weighted by atomic mass is 9.95. The second-order valence-electron chi connectivity index (χ2n) is 6.83. The highest BCUT2D eigenvalue weighted by atomic mass is 32.1. The number of hydrogen-bond acceptors (Lipinski definition) is 8. The molecule has 1 N–H and O–H groups in total. The highest BCUT2D eigenvalue weighted by Gasteiger charge is 2.46. The minimum absolute atomic E-state index is 0.0733. The molecule has 10 heteroatoms. The van der Waals surface area contributed by atoms with E-state index in [0.717, 1.165) is 16.2 Å². The van der Waals surface area contributed by atoms with E-state index in [1.165, 1.54) is 42.7 Å². The number of ether oxygens (including phenoxy) is 1. The highest BCUT2D eigenvalue weighted by Crippen LogP contribution is 2.43. The maximum absolute atomic E-state index is 13.6. The van der Waals surface area contributed by atoms with Crippen LogP contribution in [0.4, 0.5) is 9.52 Å². The monoisotopic (exact) mass is 456 g/mol. The molecular formula is C22H17FN2O6S. The number of ketones is 1. The molecule has 0 unspecified atom stereocenters. The average Bonchev–Trinajstić information content (AvgIpc) is 3.48. The summed E-state index contributed by atoms with van der Waals surface area (Å²) in [5, 5.41) is 10.7. The van der Waals surface area contributed by atoms with E-state index in [1.807, 2.05) is 0 Å². The summed E-state index contributed by atoms with van der Waals surface area (Å²) < 4.78 is 23.7. The summed E-state index contributed by atoms with van der Waals surface area (Å²) in [7, 11) is 0. The number of carbonyl (C=O) groups is 3. The van der Waals surface area contributed by atoms with E-state index >= 15 is 0 Å². The molecule has 3 aromatic rings. The molecule has 4 rings (SSSR count). The molecule has 8 nitrogen and oxygen atoms in total. The predicted octanol–water partition coefficient (Wildman–Crippen LogP) is 4.14.